The predicted octanol–water partition coefficient (Wildman–Crippen LogP) is 5.04. The van der Waals surface area contributed by atoms with Gasteiger partial charge in [-0.25, -0.2) is 0 Å². The van der Waals surface area contributed by atoms with Crippen LogP contribution in [0.5, 0.6) is 0 Å². The lowest BCUT2D eigenvalue weighted by Gasteiger charge is -2.10. The van der Waals surface area contributed by atoms with Crippen LogP contribution in [0.3, 0.4) is 0 Å². The number of hydrogen-bond acceptors (Lipinski definition) is 0. The van der Waals surface area contributed by atoms with Crippen molar-refractivity contribution in [1.29, 1.82) is 0 Å². The lowest BCUT2D eigenvalue weighted by atomic mass is 9.96. The van der Waals surface area contributed by atoms with Crippen molar-refractivity contribution < 1.29 is 0 Å². The molecule has 0 nitrogen and oxygen atoms in total. The third-order valence-electron chi connectivity index (χ3n) is 2.60. The van der Waals surface area contributed by atoms with Gasteiger partial charge in [-0.2, -0.15) is 0 Å². The maximum Gasteiger partial charge on any atom is 0.0112 e. The Morgan fingerprint density at radius 1 is 1.25 bits per heavy atom. The van der Waals surface area contributed by atoms with Crippen LogP contribution in [0.15, 0.2) is 42.5 Å². The third-order valence-corrected chi connectivity index (χ3v) is 2.76. The van der Waals surface area contributed by atoms with Gasteiger partial charge < -0.3 is 0 Å². The molecule has 0 N–H and O–H groups in total. The van der Waals surface area contributed by atoms with E-state index >= 15 is 0 Å². The van der Waals surface area contributed by atoms with Crippen LogP contribution < -0.4 is 0 Å². The average Bonchev–Trinajstić information content (AvgIpc) is 2.16. The number of allylic oxidation sites excluding steroid dienone is 2. The first-order valence-electron chi connectivity index (χ1n) is 5.57. The Morgan fingerprint density at radius 3 is 2.25 bits per heavy atom. The second kappa shape index (κ2) is 5.91. The van der Waals surface area contributed by atoms with Crippen molar-refractivity contribution in [2.75, 3.05) is 0 Å². The van der Waals surface area contributed by atoms with Crippen molar-refractivity contribution in [1.82, 2.24) is 0 Å². The van der Waals surface area contributed by atoms with E-state index in [1.165, 1.54) is 11.1 Å². The Balaban J connectivity index is 2.61. The molecule has 0 fully saturated rings. The molecule has 1 atom stereocenters. The SMILES string of the molecule is C=C(Cl)CC(C)Cc1ccc(C(=C)C)cc1. The highest BCUT2D eigenvalue weighted by atomic mass is 35.5. The van der Waals surface area contributed by atoms with Crippen LogP contribution in [0.25, 0.3) is 5.57 Å². The van der Waals surface area contributed by atoms with Crippen molar-refractivity contribution in [3.8, 4) is 0 Å². The molecule has 1 aromatic carbocycles. The highest BCUT2D eigenvalue weighted by Crippen LogP contribution is 2.19. The van der Waals surface area contributed by atoms with E-state index in [1.807, 2.05) is 6.92 Å². The molecule has 0 aliphatic heterocycles. The van der Waals surface area contributed by atoms with Crippen molar-refractivity contribution in [2.45, 2.75) is 26.7 Å². The minimum Gasteiger partial charge on any atom is -0.0955 e. The number of halogens is 1. The second-order valence-electron chi connectivity index (χ2n) is 4.51. The molecule has 1 rings (SSSR count). The first-order valence-corrected chi connectivity index (χ1v) is 5.95. The van der Waals surface area contributed by atoms with E-state index in [0.717, 1.165) is 23.4 Å². The highest BCUT2D eigenvalue weighted by molar-refractivity contribution is 6.29. The van der Waals surface area contributed by atoms with Gasteiger partial charge in [0, 0.05) is 5.03 Å². The van der Waals surface area contributed by atoms with Crippen LogP contribution in [0.1, 0.15) is 31.4 Å². The predicted molar refractivity (Wildman–Crippen MR) is 73.6 cm³/mol. The maximum absolute atomic E-state index is 5.80. The summed E-state index contributed by atoms with van der Waals surface area (Å²) in [7, 11) is 0. The van der Waals surface area contributed by atoms with Crippen LogP contribution in [-0.2, 0) is 6.42 Å². The molecule has 0 saturated carbocycles. The summed E-state index contributed by atoms with van der Waals surface area (Å²) in [5.41, 5.74) is 3.65. The van der Waals surface area contributed by atoms with Gasteiger partial charge in [0.1, 0.15) is 0 Å². The van der Waals surface area contributed by atoms with Crippen molar-refractivity contribution in [3.63, 3.8) is 0 Å². The fraction of sp³-hybridized carbons (Fsp3) is 0.333. The fourth-order valence-electron chi connectivity index (χ4n) is 1.78. The van der Waals surface area contributed by atoms with Crippen LogP contribution in [0.2, 0.25) is 0 Å². The highest BCUT2D eigenvalue weighted by Gasteiger charge is 2.05. The standard InChI is InChI=1S/C15H19Cl/c1-11(2)15-7-5-14(6-8-15)10-12(3)9-13(4)16/h5-8,12H,1,4,9-10H2,2-3H3. The molecule has 0 heterocycles. The summed E-state index contributed by atoms with van der Waals surface area (Å²) in [6.07, 6.45) is 1.92. The van der Waals surface area contributed by atoms with Gasteiger partial charge in [0.05, 0.1) is 0 Å². The molecule has 0 bridgehead atoms. The summed E-state index contributed by atoms with van der Waals surface area (Å²) in [4.78, 5) is 0. The Hall–Kier alpha value is -1.01. The molecule has 1 unspecified atom stereocenters. The average molecular weight is 235 g/mol. The van der Waals surface area contributed by atoms with Gasteiger partial charge in [-0.15, -0.1) is 0 Å². The molecule has 0 aliphatic rings. The topological polar surface area (TPSA) is 0 Å². The molecule has 0 aliphatic carbocycles. The van der Waals surface area contributed by atoms with Crippen LogP contribution in [-0.4, -0.2) is 0 Å². The molecule has 1 aromatic rings. The van der Waals surface area contributed by atoms with E-state index in [4.69, 9.17) is 11.6 Å². The molecular formula is C15H19Cl. The third kappa shape index (κ3) is 4.24. The first kappa shape index (κ1) is 13.1. The molecule has 1 heteroatoms. The maximum atomic E-state index is 5.80. The zero-order chi connectivity index (χ0) is 12.1. The Bertz CT molecular complexity index is 373. The minimum absolute atomic E-state index is 0.542. The summed E-state index contributed by atoms with van der Waals surface area (Å²) in [5.74, 6) is 0.542. The monoisotopic (exact) mass is 234 g/mol. The molecular weight excluding hydrogens is 216 g/mol. The number of benzene rings is 1. The Labute approximate surface area is 104 Å². The van der Waals surface area contributed by atoms with Gasteiger partial charge in [0.2, 0.25) is 0 Å². The summed E-state index contributed by atoms with van der Waals surface area (Å²) in [6, 6.07) is 8.58. The molecule has 0 saturated heterocycles. The van der Waals surface area contributed by atoms with Crippen molar-refractivity contribution >= 4 is 17.2 Å². The van der Waals surface area contributed by atoms with Gasteiger partial charge in [0.15, 0.2) is 0 Å². The van der Waals surface area contributed by atoms with Gasteiger partial charge >= 0.3 is 0 Å². The summed E-state index contributed by atoms with van der Waals surface area (Å²) in [6.45, 7) is 11.9. The summed E-state index contributed by atoms with van der Waals surface area (Å²) >= 11 is 5.80. The molecule has 0 amide bonds. The zero-order valence-electron chi connectivity index (χ0n) is 10.1. The zero-order valence-corrected chi connectivity index (χ0v) is 10.8. The van der Waals surface area contributed by atoms with Gasteiger partial charge in [0.25, 0.3) is 0 Å². The van der Waals surface area contributed by atoms with Gasteiger partial charge in [-0.1, -0.05) is 61.5 Å². The molecule has 0 radical (unpaired) electrons. The summed E-state index contributed by atoms with van der Waals surface area (Å²) in [5, 5.41) is 0.742. The molecule has 0 spiro atoms. The first-order chi connectivity index (χ1) is 7.49. The molecule has 0 aromatic heterocycles. The lowest BCUT2D eigenvalue weighted by molar-refractivity contribution is 0.585. The van der Waals surface area contributed by atoms with E-state index in [1.54, 1.807) is 0 Å². The van der Waals surface area contributed by atoms with E-state index in [0.29, 0.717) is 5.92 Å². The second-order valence-corrected chi connectivity index (χ2v) is 5.04. The van der Waals surface area contributed by atoms with Crippen LogP contribution in [0, 0.1) is 5.92 Å². The minimum atomic E-state index is 0.542. The number of rotatable bonds is 5. The van der Waals surface area contributed by atoms with Gasteiger partial charge in [-0.05, 0) is 36.8 Å². The normalized spacial score (nSPS) is 12.2. The van der Waals surface area contributed by atoms with E-state index in [-0.39, 0.29) is 0 Å². The molecule has 86 valence electrons. The van der Waals surface area contributed by atoms with Crippen molar-refractivity contribution in [2.24, 2.45) is 5.92 Å². The van der Waals surface area contributed by atoms with Gasteiger partial charge in [-0.3, -0.25) is 0 Å². The quantitative estimate of drug-likeness (QED) is 0.670. The van der Waals surface area contributed by atoms with Crippen molar-refractivity contribution in [3.05, 3.63) is 53.6 Å². The van der Waals surface area contributed by atoms with Crippen LogP contribution >= 0.6 is 11.6 Å². The van der Waals surface area contributed by atoms with E-state index in [9.17, 15) is 0 Å². The lowest BCUT2D eigenvalue weighted by Crippen LogP contribution is -1.99. The largest absolute Gasteiger partial charge is 0.0955 e. The summed E-state index contributed by atoms with van der Waals surface area (Å²) < 4.78 is 0. The smallest absolute Gasteiger partial charge is 0.0112 e. The number of hydrogen-bond donors (Lipinski definition) is 0. The van der Waals surface area contributed by atoms with E-state index in [2.05, 4.69) is 44.3 Å². The van der Waals surface area contributed by atoms with E-state index < -0.39 is 0 Å². The Kier molecular flexibility index (Phi) is 4.82. The fourth-order valence-corrected chi connectivity index (χ4v) is 2.04. The molecule has 16 heavy (non-hydrogen) atoms. The van der Waals surface area contributed by atoms with Crippen LogP contribution in [0.4, 0.5) is 0 Å². The Morgan fingerprint density at radius 2 is 1.81 bits per heavy atom.